The third-order valence-corrected chi connectivity index (χ3v) is 8.52. The first-order chi connectivity index (χ1) is 14.5. The number of hydrogen-bond acceptors (Lipinski definition) is 4. The van der Waals surface area contributed by atoms with Crippen LogP contribution in [0.25, 0.3) is 0 Å². The predicted octanol–water partition coefficient (Wildman–Crippen LogP) is 3.34. The van der Waals surface area contributed by atoms with E-state index in [1.165, 1.54) is 12.8 Å². The molecule has 1 aromatic rings. The van der Waals surface area contributed by atoms with Crippen molar-refractivity contribution in [2.75, 3.05) is 44.6 Å². The predicted molar refractivity (Wildman–Crippen MR) is 118 cm³/mol. The highest BCUT2D eigenvalue weighted by Gasteiger charge is 2.30. The molecule has 3 fully saturated rings. The van der Waals surface area contributed by atoms with Crippen molar-refractivity contribution < 1.29 is 13.2 Å². The molecule has 1 aromatic carbocycles. The minimum atomic E-state index is -3.53. The third kappa shape index (κ3) is 4.98. The van der Waals surface area contributed by atoms with Gasteiger partial charge in [-0.05, 0) is 69.8 Å². The summed E-state index contributed by atoms with van der Waals surface area (Å²) in [7, 11) is -3.53. The van der Waals surface area contributed by atoms with Gasteiger partial charge in [-0.2, -0.15) is 4.31 Å². The Balaban J connectivity index is 1.41. The van der Waals surface area contributed by atoms with Crippen LogP contribution in [0, 0.1) is 0 Å². The molecule has 1 atom stereocenters. The van der Waals surface area contributed by atoms with Gasteiger partial charge in [0.15, 0.2) is 0 Å². The van der Waals surface area contributed by atoms with Gasteiger partial charge in [-0.1, -0.05) is 18.9 Å². The van der Waals surface area contributed by atoms with E-state index >= 15 is 0 Å². The van der Waals surface area contributed by atoms with Crippen LogP contribution in [0.3, 0.4) is 0 Å². The van der Waals surface area contributed by atoms with Gasteiger partial charge in [-0.25, -0.2) is 13.2 Å². The molecule has 3 saturated heterocycles. The fraction of sp³-hybridized carbons (Fsp3) is 0.682. The molecule has 3 heterocycles. The van der Waals surface area contributed by atoms with Crippen molar-refractivity contribution in [2.45, 2.75) is 62.3 Å². The van der Waals surface area contributed by atoms with E-state index in [4.69, 9.17) is 0 Å². The first-order valence-corrected chi connectivity index (χ1v) is 12.9. The molecule has 1 N–H and O–H groups in total. The second kappa shape index (κ2) is 9.66. The number of nitrogens with one attached hydrogen (secondary N) is 1. The topological polar surface area (TPSA) is 73.0 Å². The molecule has 3 aliphatic rings. The number of benzene rings is 1. The number of carbonyl (C=O) groups is 1. The molecule has 0 spiro atoms. The summed E-state index contributed by atoms with van der Waals surface area (Å²) >= 11 is 0. The molecule has 0 aliphatic carbocycles. The third-order valence-electron chi connectivity index (χ3n) is 6.63. The molecule has 8 heteroatoms. The molecule has 30 heavy (non-hydrogen) atoms. The standard InChI is InChI=1S/C22H34N4O3S/c27-22(25-14-8-10-20(18-25)24-12-5-6-13-24)23-19-9-7-11-21(17-19)30(28,29)26-15-3-1-2-4-16-26/h7,9,11,17,20H,1-6,8,10,12-16,18H2,(H,23,27)/t20-/m0/s1. The molecule has 0 unspecified atom stereocenters. The molecule has 3 aliphatic heterocycles. The minimum absolute atomic E-state index is 0.136. The van der Waals surface area contributed by atoms with Gasteiger partial charge in [-0.3, -0.25) is 4.90 Å². The maximum Gasteiger partial charge on any atom is 0.321 e. The minimum Gasteiger partial charge on any atom is -0.323 e. The van der Waals surface area contributed by atoms with Gasteiger partial charge in [0.1, 0.15) is 0 Å². The number of hydrogen-bond donors (Lipinski definition) is 1. The lowest BCUT2D eigenvalue weighted by Crippen LogP contribution is -2.50. The van der Waals surface area contributed by atoms with Crippen LogP contribution >= 0.6 is 0 Å². The van der Waals surface area contributed by atoms with Gasteiger partial charge in [0.05, 0.1) is 4.90 Å². The number of sulfonamides is 1. The van der Waals surface area contributed by atoms with E-state index < -0.39 is 10.0 Å². The number of rotatable bonds is 4. The second-order valence-corrected chi connectivity index (χ2v) is 10.7. The van der Waals surface area contributed by atoms with Crippen LogP contribution in [0.15, 0.2) is 29.2 Å². The number of carbonyl (C=O) groups excluding carboxylic acids is 1. The van der Waals surface area contributed by atoms with Crippen LogP contribution in [0.5, 0.6) is 0 Å². The van der Waals surface area contributed by atoms with Gasteiger partial charge in [-0.15, -0.1) is 0 Å². The SMILES string of the molecule is O=C(Nc1cccc(S(=O)(=O)N2CCCCCC2)c1)N1CCC[C@H](N2CCCC2)C1. The van der Waals surface area contributed by atoms with Crippen molar-refractivity contribution in [3.05, 3.63) is 24.3 Å². The molecule has 0 saturated carbocycles. The highest BCUT2D eigenvalue weighted by molar-refractivity contribution is 7.89. The van der Waals surface area contributed by atoms with Gasteiger partial charge in [0.25, 0.3) is 0 Å². The molecular formula is C22H34N4O3S. The van der Waals surface area contributed by atoms with E-state index in [0.717, 1.165) is 64.7 Å². The highest BCUT2D eigenvalue weighted by Crippen LogP contribution is 2.24. The van der Waals surface area contributed by atoms with E-state index in [1.807, 2.05) is 4.90 Å². The number of anilines is 1. The average molecular weight is 435 g/mol. The first-order valence-electron chi connectivity index (χ1n) is 11.4. The quantitative estimate of drug-likeness (QED) is 0.789. The van der Waals surface area contributed by atoms with Crippen molar-refractivity contribution in [3.8, 4) is 0 Å². The molecular weight excluding hydrogens is 400 g/mol. The van der Waals surface area contributed by atoms with E-state index in [1.54, 1.807) is 28.6 Å². The number of amides is 2. The van der Waals surface area contributed by atoms with Crippen LogP contribution in [0.1, 0.15) is 51.4 Å². The van der Waals surface area contributed by atoms with Crippen molar-refractivity contribution in [2.24, 2.45) is 0 Å². The zero-order chi connectivity index (χ0) is 21.0. The summed E-state index contributed by atoms with van der Waals surface area (Å²) in [5.41, 5.74) is 0.541. The molecule has 7 nitrogen and oxygen atoms in total. The van der Waals surface area contributed by atoms with E-state index in [9.17, 15) is 13.2 Å². The number of piperidine rings is 1. The molecule has 2 amide bonds. The van der Waals surface area contributed by atoms with Crippen LogP contribution in [0.4, 0.5) is 10.5 Å². The Morgan fingerprint density at radius 1 is 0.900 bits per heavy atom. The van der Waals surface area contributed by atoms with Crippen molar-refractivity contribution in [1.82, 2.24) is 14.1 Å². The Labute approximate surface area is 180 Å². The van der Waals surface area contributed by atoms with Crippen LogP contribution < -0.4 is 5.32 Å². The summed E-state index contributed by atoms with van der Waals surface area (Å²) in [5.74, 6) is 0. The van der Waals surface area contributed by atoms with Crippen LogP contribution in [0.2, 0.25) is 0 Å². The summed E-state index contributed by atoms with van der Waals surface area (Å²) in [4.78, 5) is 17.5. The maximum absolute atomic E-state index is 13.1. The lowest BCUT2D eigenvalue weighted by Gasteiger charge is -2.37. The van der Waals surface area contributed by atoms with Crippen molar-refractivity contribution in [1.29, 1.82) is 0 Å². The molecule has 0 aromatic heterocycles. The fourth-order valence-electron chi connectivity index (χ4n) is 4.91. The molecule has 4 rings (SSSR count). The summed E-state index contributed by atoms with van der Waals surface area (Å²) in [6.07, 6.45) is 8.63. The molecule has 0 bridgehead atoms. The Bertz CT molecular complexity index is 831. The zero-order valence-corrected chi connectivity index (χ0v) is 18.6. The smallest absolute Gasteiger partial charge is 0.321 e. The van der Waals surface area contributed by atoms with Gasteiger partial charge in [0, 0.05) is 37.9 Å². The summed E-state index contributed by atoms with van der Waals surface area (Å²) in [6.45, 7) is 4.92. The molecule has 166 valence electrons. The Kier molecular flexibility index (Phi) is 6.95. The Morgan fingerprint density at radius 3 is 2.33 bits per heavy atom. The fourth-order valence-corrected chi connectivity index (χ4v) is 6.48. The average Bonchev–Trinajstić information content (AvgIpc) is 3.16. The van der Waals surface area contributed by atoms with E-state index in [0.29, 0.717) is 24.8 Å². The number of urea groups is 1. The maximum atomic E-state index is 13.1. The van der Waals surface area contributed by atoms with Gasteiger partial charge < -0.3 is 10.2 Å². The van der Waals surface area contributed by atoms with Crippen LogP contribution in [-0.4, -0.2) is 73.9 Å². The lowest BCUT2D eigenvalue weighted by molar-refractivity contribution is 0.132. The van der Waals surface area contributed by atoms with Gasteiger partial charge >= 0.3 is 6.03 Å². The molecule has 0 radical (unpaired) electrons. The Hall–Kier alpha value is -1.64. The highest BCUT2D eigenvalue weighted by atomic mass is 32.2. The van der Waals surface area contributed by atoms with Crippen molar-refractivity contribution >= 4 is 21.7 Å². The lowest BCUT2D eigenvalue weighted by atomic mass is 10.0. The zero-order valence-electron chi connectivity index (χ0n) is 17.8. The number of likely N-dealkylation sites (tertiary alicyclic amines) is 2. The van der Waals surface area contributed by atoms with E-state index in [-0.39, 0.29) is 10.9 Å². The van der Waals surface area contributed by atoms with Gasteiger partial charge in [0.2, 0.25) is 10.0 Å². The normalized spacial score (nSPS) is 24.5. The summed E-state index contributed by atoms with van der Waals surface area (Å²) in [5, 5.41) is 2.94. The number of nitrogens with zero attached hydrogens (tertiary/aromatic N) is 3. The Morgan fingerprint density at radius 2 is 1.60 bits per heavy atom. The second-order valence-electron chi connectivity index (χ2n) is 8.76. The first kappa shape index (κ1) is 21.6. The van der Waals surface area contributed by atoms with Crippen LogP contribution in [-0.2, 0) is 10.0 Å². The summed E-state index contributed by atoms with van der Waals surface area (Å²) < 4.78 is 27.7. The monoisotopic (exact) mass is 434 g/mol. The van der Waals surface area contributed by atoms with Crippen molar-refractivity contribution in [3.63, 3.8) is 0 Å². The van der Waals surface area contributed by atoms with E-state index in [2.05, 4.69) is 10.2 Å². The summed E-state index contributed by atoms with van der Waals surface area (Å²) in [6, 6.07) is 7.01. The largest absolute Gasteiger partial charge is 0.323 e.